The van der Waals surface area contributed by atoms with E-state index >= 15 is 0 Å². The summed E-state index contributed by atoms with van der Waals surface area (Å²) in [6.45, 7) is 0. The van der Waals surface area contributed by atoms with Crippen molar-refractivity contribution in [2.45, 2.75) is 12.8 Å². The van der Waals surface area contributed by atoms with Crippen molar-refractivity contribution in [2.75, 3.05) is 0 Å². The lowest BCUT2D eigenvalue weighted by Crippen LogP contribution is -2.20. The molecule has 0 atom stereocenters. The second kappa shape index (κ2) is 4.94. The highest BCUT2D eigenvalue weighted by molar-refractivity contribution is 6.33. The first-order valence-corrected chi connectivity index (χ1v) is 4.53. The van der Waals surface area contributed by atoms with E-state index in [1.165, 1.54) is 0 Å². The van der Waals surface area contributed by atoms with Gasteiger partial charge in [-0.2, -0.15) is 0 Å². The number of phenols is 1. The van der Waals surface area contributed by atoms with Crippen molar-refractivity contribution in [3.63, 3.8) is 0 Å². The number of phenolic OH excluding ortho intramolecular Hbond substituents is 1. The number of ether oxygens (including phenoxy) is 1. The molecule has 1 rings (SSSR count). The fourth-order valence-corrected chi connectivity index (χ4v) is 1.16. The number of rotatable bonds is 4. The average molecular weight is 264 g/mol. The van der Waals surface area contributed by atoms with Crippen LogP contribution in [-0.2, 0) is 16.0 Å². The minimum Gasteiger partial charge on any atom is -0.508 e. The second-order valence-corrected chi connectivity index (χ2v) is 3.24. The summed E-state index contributed by atoms with van der Waals surface area (Å²) in [7, 11) is 0. The molecule has 1 aromatic rings. The summed E-state index contributed by atoms with van der Waals surface area (Å²) in [5, 5.41) is 17.4. The largest absolute Gasteiger partial charge is 0.573 e. The molecule has 0 saturated heterocycles. The van der Waals surface area contributed by atoms with E-state index in [4.69, 9.17) is 10.2 Å². The summed E-state index contributed by atoms with van der Waals surface area (Å²) in [5.74, 6) is -4.35. The van der Waals surface area contributed by atoms with Crippen molar-refractivity contribution in [2.24, 2.45) is 0 Å². The van der Waals surface area contributed by atoms with Crippen LogP contribution in [0.2, 0.25) is 0 Å². The maximum absolute atomic E-state index is 12.0. The standard InChI is InChI=1S/C10H7F3O5/c11-10(12,13)18-8-4-6(14)2-1-5(8)3-7(15)9(16)17/h1-2,4,14H,3H2,(H,16,17). The quantitative estimate of drug-likeness (QED) is 0.805. The summed E-state index contributed by atoms with van der Waals surface area (Å²) in [4.78, 5) is 21.2. The van der Waals surface area contributed by atoms with Gasteiger partial charge in [-0.15, -0.1) is 13.2 Å². The molecule has 0 fully saturated rings. The van der Waals surface area contributed by atoms with Crippen molar-refractivity contribution in [3.8, 4) is 11.5 Å². The monoisotopic (exact) mass is 264 g/mol. The van der Waals surface area contributed by atoms with Crippen molar-refractivity contribution in [1.82, 2.24) is 0 Å². The number of aliphatic carboxylic acids is 1. The van der Waals surface area contributed by atoms with Gasteiger partial charge in [-0.3, -0.25) is 4.79 Å². The zero-order valence-corrected chi connectivity index (χ0v) is 8.69. The van der Waals surface area contributed by atoms with Gasteiger partial charge in [-0.1, -0.05) is 6.07 Å². The SMILES string of the molecule is O=C(O)C(=O)Cc1ccc(O)cc1OC(F)(F)F. The average Bonchev–Trinajstić information content (AvgIpc) is 2.19. The summed E-state index contributed by atoms with van der Waals surface area (Å²) < 4.78 is 39.7. The number of carboxylic acid groups (broad SMARTS) is 1. The molecule has 0 spiro atoms. The van der Waals surface area contributed by atoms with E-state index in [9.17, 15) is 22.8 Å². The molecule has 18 heavy (non-hydrogen) atoms. The molecule has 0 bridgehead atoms. The van der Waals surface area contributed by atoms with Gasteiger partial charge in [0.1, 0.15) is 11.5 Å². The number of hydrogen-bond acceptors (Lipinski definition) is 4. The van der Waals surface area contributed by atoms with E-state index in [1.54, 1.807) is 0 Å². The fourth-order valence-electron chi connectivity index (χ4n) is 1.16. The number of carboxylic acids is 1. The molecule has 0 aliphatic carbocycles. The lowest BCUT2D eigenvalue weighted by Gasteiger charge is -2.12. The highest BCUT2D eigenvalue weighted by atomic mass is 19.4. The Morgan fingerprint density at radius 2 is 1.89 bits per heavy atom. The van der Waals surface area contributed by atoms with E-state index < -0.39 is 36.0 Å². The van der Waals surface area contributed by atoms with Crippen molar-refractivity contribution in [3.05, 3.63) is 23.8 Å². The molecule has 0 heterocycles. The number of hydrogen-bond donors (Lipinski definition) is 2. The third kappa shape index (κ3) is 3.96. The van der Waals surface area contributed by atoms with Crippen LogP contribution in [0.25, 0.3) is 0 Å². The van der Waals surface area contributed by atoms with E-state index in [1.807, 2.05) is 0 Å². The summed E-state index contributed by atoms with van der Waals surface area (Å²) in [5.41, 5.74) is -0.280. The first-order valence-electron chi connectivity index (χ1n) is 4.53. The van der Waals surface area contributed by atoms with Crippen LogP contribution in [0.3, 0.4) is 0 Å². The van der Waals surface area contributed by atoms with Crippen molar-refractivity contribution >= 4 is 11.8 Å². The number of alkyl halides is 3. The molecule has 8 heteroatoms. The predicted octanol–water partition coefficient (Wildman–Crippen LogP) is 1.49. The Kier molecular flexibility index (Phi) is 3.79. The highest BCUT2D eigenvalue weighted by Crippen LogP contribution is 2.30. The molecular weight excluding hydrogens is 257 g/mol. The maximum Gasteiger partial charge on any atom is 0.573 e. The molecule has 5 nitrogen and oxygen atoms in total. The van der Waals surface area contributed by atoms with Crippen molar-refractivity contribution in [1.29, 1.82) is 0 Å². The van der Waals surface area contributed by atoms with E-state index in [2.05, 4.69) is 4.74 Å². The first-order chi connectivity index (χ1) is 8.19. The van der Waals surface area contributed by atoms with Crippen LogP contribution in [0.4, 0.5) is 13.2 Å². The van der Waals surface area contributed by atoms with E-state index in [0.29, 0.717) is 6.07 Å². The Bertz CT molecular complexity index is 481. The minimum atomic E-state index is -5.01. The smallest absolute Gasteiger partial charge is 0.508 e. The Hall–Kier alpha value is -2.25. The van der Waals surface area contributed by atoms with Gasteiger partial charge in [0.05, 0.1) is 0 Å². The predicted molar refractivity (Wildman–Crippen MR) is 51.1 cm³/mol. The molecule has 0 saturated carbocycles. The van der Waals surface area contributed by atoms with Gasteiger partial charge in [0.15, 0.2) is 0 Å². The van der Waals surface area contributed by atoms with Crippen LogP contribution >= 0.6 is 0 Å². The summed E-state index contributed by atoms with van der Waals surface area (Å²) in [6.07, 6.45) is -5.77. The van der Waals surface area contributed by atoms with E-state index in [-0.39, 0.29) is 5.56 Å². The highest BCUT2D eigenvalue weighted by Gasteiger charge is 2.32. The topological polar surface area (TPSA) is 83.8 Å². The number of carbonyl (C=O) groups excluding carboxylic acids is 1. The van der Waals surface area contributed by atoms with Crippen LogP contribution < -0.4 is 4.74 Å². The summed E-state index contributed by atoms with van der Waals surface area (Å²) >= 11 is 0. The van der Waals surface area contributed by atoms with Gasteiger partial charge in [0, 0.05) is 18.1 Å². The second-order valence-electron chi connectivity index (χ2n) is 3.24. The zero-order valence-electron chi connectivity index (χ0n) is 8.69. The molecule has 0 amide bonds. The number of carbonyl (C=O) groups is 2. The Balaban J connectivity index is 3.04. The third-order valence-electron chi connectivity index (χ3n) is 1.87. The fraction of sp³-hybridized carbons (Fsp3) is 0.200. The maximum atomic E-state index is 12.0. The van der Waals surface area contributed by atoms with Gasteiger partial charge in [0.25, 0.3) is 0 Å². The van der Waals surface area contributed by atoms with Crippen LogP contribution in [0.1, 0.15) is 5.56 Å². The lowest BCUT2D eigenvalue weighted by atomic mass is 10.1. The number of halogens is 3. The number of benzene rings is 1. The number of ketones is 1. The van der Waals surface area contributed by atoms with Gasteiger partial charge in [0.2, 0.25) is 5.78 Å². The van der Waals surface area contributed by atoms with Crippen LogP contribution in [-0.4, -0.2) is 28.3 Å². The third-order valence-corrected chi connectivity index (χ3v) is 1.87. The molecule has 0 aromatic heterocycles. The van der Waals surface area contributed by atoms with Crippen LogP contribution in [0.15, 0.2) is 18.2 Å². The van der Waals surface area contributed by atoms with Gasteiger partial charge in [-0.25, -0.2) is 4.79 Å². The minimum absolute atomic E-state index is 0.280. The molecule has 98 valence electrons. The van der Waals surface area contributed by atoms with E-state index in [0.717, 1.165) is 12.1 Å². The van der Waals surface area contributed by atoms with Crippen LogP contribution in [0.5, 0.6) is 11.5 Å². The number of Topliss-reactive ketones (excluding diaryl/α,β-unsaturated/α-hetero) is 1. The summed E-state index contributed by atoms with van der Waals surface area (Å²) in [6, 6.07) is 2.66. The lowest BCUT2D eigenvalue weighted by molar-refractivity contribution is -0.274. The molecule has 2 N–H and O–H groups in total. The number of aromatic hydroxyl groups is 1. The Morgan fingerprint density at radius 1 is 1.28 bits per heavy atom. The molecule has 1 aromatic carbocycles. The Labute approximate surface area is 98.4 Å². The molecular formula is C10H7F3O5. The van der Waals surface area contributed by atoms with Crippen molar-refractivity contribution < 1.29 is 37.7 Å². The molecule has 0 aliphatic heterocycles. The molecule has 0 radical (unpaired) electrons. The first kappa shape index (κ1) is 13.8. The van der Waals surface area contributed by atoms with Gasteiger partial charge < -0.3 is 14.9 Å². The van der Waals surface area contributed by atoms with Gasteiger partial charge in [-0.05, 0) is 6.07 Å². The molecule has 0 aliphatic rings. The van der Waals surface area contributed by atoms with Gasteiger partial charge >= 0.3 is 12.3 Å². The Morgan fingerprint density at radius 3 is 2.39 bits per heavy atom. The zero-order chi connectivity index (χ0) is 13.9. The molecule has 0 unspecified atom stereocenters. The normalized spacial score (nSPS) is 11.1. The van der Waals surface area contributed by atoms with Crippen LogP contribution in [0, 0.1) is 0 Å².